The van der Waals surface area contributed by atoms with Gasteiger partial charge in [-0.2, -0.15) is 0 Å². The number of carbonyl (C=O) groups is 1. The van der Waals surface area contributed by atoms with Gasteiger partial charge in [0, 0.05) is 25.7 Å². The molecule has 1 aliphatic heterocycles. The van der Waals surface area contributed by atoms with Crippen molar-refractivity contribution in [2.45, 2.75) is 25.9 Å². The molecule has 1 aromatic carbocycles. The van der Waals surface area contributed by atoms with Gasteiger partial charge in [-0.25, -0.2) is 4.39 Å². The van der Waals surface area contributed by atoms with Gasteiger partial charge >= 0.3 is 0 Å². The summed E-state index contributed by atoms with van der Waals surface area (Å²) in [6.45, 7) is 7.16. The number of nitrogens with zero attached hydrogens (tertiary/aromatic N) is 1. The fourth-order valence-electron chi connectivity index (χ4n) is 2.42. The second-order valence-electron chi connectivity index (χ2n) is 5.36. The predicted molar refractivity (Wildman–Crippen MR) is 76.9 cm³/mol. The van der Waals surface area contributed by atoms with E-state index < -0.39 is 0 Å². The molecule has 4 nitrogen and oxygen atoms in total. The lowest BCUT2D eigenvalue weighted by Gasteiger charge is -2.33. The van der Waals surface area contributed by atoms with E-state index in [1.165, 1.54) is 12.1 Å². The minimum absolute atomic E-state index is 0.00979. The van der Waals surface area contributed by atoms with Crippen molar-refractivity contribution in [3.05, 3.63) is 35.6 Å². The third-order valence-electron chi connectivity index (χ3n) is 3.73. The Morgan fingerprint density at radius 3 is 2.85 bits per heavy atom. The minimum Gasteiger partial charge on any atom is -0.348 e. The van der Waals surface area contributed by atoms with Crippen molar-refractivity contribution in [1.82, 2.24) is 15.5 Å². The summed E-state index contributed by atoms with van der Waals surface area (Å²) >= 11 is 0. The molecule has 5 heteroatoms. The number of hydrogen-bond donors (Lipinski definition) is 2. The first-order valence-electron chi connectivity index (χ1n) is 7.06. The van der Waals surface area contributed by atoms with E-state index in [0.29, 0.717) is 12.6 Å². The van der Waals surface area contributed by atoms with Crippen LogP contribution in [0, 0.1) is 5.82 Å². The summed E-state index contributed by atoms with van der Waals surface area (Å²) in [4.78, 5) is 14.2. The highest BCUT2D eigenvalue weighted by molar-refractivity contribution is 5.78. The first-order valence-corrected chi connectivity index (χ1v) is 7.06. The molecule has 0 aliphatic carbocycles. The van der Waals surface area contributed by atoms with Gasteiger partial charge in [-0.1, -0.05) is 12.1 Å². The van der Waals surface area contributed by atoms with Gasteiger partial charge in [0.2, 0.25) is 5.91 Å². The molecule has 2 rings (SSSR count). The van der Waals surface area contributed by atoms with E-state index in [9.17, 15) is 9.18 Å². The molecule has 0 saturated carbocycles. The Morgan fingerprint density at radius 1 is 1.50 bits per heavy atom. The molecule has 1 heterocycles. The molecule has 2 unspecified atom stereocenters. The van der Waals surface area contributed by atoms with Crippen molar-refractivity contribution in [3.63, 3.8) is 0 Å². The number of nitrogens with one attached hydrogen (secondary N) is 2. The molecule has 1 saturated heterocycles. The fraction of sp³-hybridized carbons (Fsp3) is 0.533. The minimum atomic E-state index is -0.262. The van der Waals surface area contributed by atoms with Gasteiger partial charge in [0.25, 0.3) is 0 Å². The summed E-state index contributed by atoms with van der Waals surface area (Å²) in [7, 11) is 0. The van der Waals surface area contributed by atoms with E-state index in [0.717, 1.165) is 25.2 Å². The Bertz CT molecular complexity index is 449. The Labute approximate surface area is 119 Å². The molecule has 2 atom stereocenters. The van der Waals surface area contributed by atoms with E-state index >= 15 is 0 Å². The first-order chi connectivity index (χ1) is 9.56. The third kappa shape index (κ3) is 4.02. The predicted octanol–water partition coefficient (Wildman–Crippen LogP) is 1.30. The number of rotatable bonds is 4. The largest absolute Gasteiger partial charge is 0.348 e. The van der Waals surface area contributed by atoms with E-state index in [4.69, 9.17) is 0 Å². The summed E-state index contributed by atoms with van der Waals surface area (Å²) in [5.41, 5.74) is 0.910. The first kappa shape index (κ1) is 14.9. The smallest absolute Gasteiger partial charge is 0.234 e. The van der Waals surface area contributed by atoms with Crippen LogP contribution in [0.2, 0.25) is 0 Å². The van der Waals surface area contributed by atoms with Crippen molar-refractivity contribution >= 4 is 5.91 Å². The molecule has 20 heavy (non-hydrogen) atoms. The topological polar surface area (TPSA) is 44.4 Å². The summed E-state index contributed by atoms with van der Waals surface area (Å²) in [6, 6.07) is 6.49. The molecule has 0 bridgehead atoms. The highest BCUT2D eigenvalue weighted by atomic mass is 19.1. The lowest BCUT2D eigenvalue weighted by molar-refractivity contribution is -0.123. The van der Waals surface area contributed by atoms with Crippen LogP contribution in [0.1, 0.15) is 25.5 Å². The van der Waals surface area contributed by atoms with Gasteiger partial charge in [0.05, 0.1) is 12.6 Å². The average Bonchev–Trinajstić information content (AvgIpc) is 2.42. The summed E-state index contributed by atoms with van der Waals surface area (Å²) in [5, 5.41) is 6.26. The number of halogens is 1. The van der Waals surface area contributed by atoms with Crippen LogP contribution in [0.3, 0.4) is 0 Å². The Kier molecular flexibility index (Phi) is 5.09. The van der Waals surface area contributed by atoms with Crippen LogP contribution in [0.4, 0.5) is 4.39 Å². The number of benzene rings is 1. The maximum Gasteiger partial charge on any atom is 0.234 e. The SMILES string of the molecule is CC(NC(=O)CN1CCNCC1C)c1ccc(F)cc1. The standard InChI is InChI=1S/C15H22FN3O/c1-11-9-17-7-8-19(11)10-15(20)18-12(2)13-3-5-14(16)6-4-13/h3-6,11-12,17H,7-10H2,1-2H3,(H,18,20). The average molecular weight is 279 g/mol. The van der Waals surface area contributed by atoms with E-state index in [1.807, 2.05) is 6.92 Å². The van der Waals surface area contributed by atoms with E-state index in [2.05, 4.69) is 22.5 Å². The van der Waals surface area contributed by atoms with Gasteiger partial charge in [-0.3, -0.25) is 9.69 Å². The molecule has 0 radical (unpaired) electrons. The lowest BCUT2D eigenvalue weighted by Crippen LogP contribution is -2.52. The quantitative estimate of drug-likeness (QED) is 0.873. The number of amides is 1. The van der Waals surface area contributed by atoms with Crippen molar-refractivity contribution in [1.29, 1.82) is 0 Å². The van der Waals surface area contributed by atoms with Crippen LogP contribution in [0.15, 0.2) is 24.3 Å². The number of carbonyl (C=O) groups excluding carboxylic acids is 1. The normalized spacial score (nSPS) is 21.4. The molecule has 2 N–H and O–H groups in total. The number of piperazine rings is 1. The number of hydrogen-bond acceptors (Lipinski definition) is 3. The van der Waals surface area contributed by atoms with Gasteiger partial charge in [-0.05, 0) is 31.5 Å². The maximum atomic E-state index is 12.9. The summed E-state index contributed by atoms with van der Waals surface area (Å²) < 4.78 is 12.9. The lowest BCUT2D eigenvalue weighted by atomic mass is 10.1. The third-order valence-corrected chi connectivity index (χ3v) is 3.73. The zero-order chi connectivity index (χ0) is 14.5. The van der Waals surface area contributed by atoms with Crippen LogP contribution in [-0.2, 0) is 4.79 Å². The fourth-order valence-corrected chi connectivity index (χ4v) is 2.42. The van der Waals surface area contributed by atoms with Gasteiger partial charge in [0.15, 0.2) is 0 Å². The van der Waals surface area contributed by atoms with Gasteiger partial charge in [-0.15, -0.1) is 0 Å². The maximum absolute atomic E-state index is 12.9. The summed E-state index contributed by atoms with van der Waals surface area (Å²) in [5.74, 6) is -0.252. The molecular weight excluding hydrogens is 257 g/mol. The van der Waals surface area contributed by atoms with Crippen molar-refractivity contribution < 1.29 is 9.18 Å². The second kappa shape index (κ2) is 6.81. The highest BCUT2D eigenvalue weighted by Gasteiger charge is 2.21. The molecule has 1 aliphatic rings. The zero-order valence-corrected chi connectivity index (χ0v) is 12.0. The zero-order valence-electron chi connectivity index (χ0n) is 12.0. The molecule has 0 aromatic heterocycles. The van der Waals surface area contributed by atoms with Gasteiger partial charge < -0.3 is 10.6 Å². The van der Waals surface area contributed by atoms with Crippen molar-refractivity contribution in [2.75, 3.05) is 26.2 Å². The Morgan fingerprint density at radius 2 is 2.20 bits per heavy atom. The Hall–Kier alpha value is -1.46. The van der Waals surface area contributed by atoms with Crippen LogP contribution in [0.5, 0.6) is 0 Å². The molecule has 1 aromatic rings. The molecule has 110 valence electrons. The van der Waals surface area contributed by atoms with Crippen molar-refractivity contribution in [3.8, 4) is 0 Å². The molecule has 1 amide bonds. The molecular formula is C15H22FN3O. The molecule has 0 spiro atoms. The van der Waals surface area contributed by atoms with Crippen LogP contribution in [0.25, 0.3) is 0 Å². The van der Waals surface area contributed by atoms with E-state index in [1.54, 1.807) is 12.1 Å². The van der Waals surface area contributed by atoms with Gasteiger partial charge in [0.1, 0.15) is 5.82 Å². The van der Waals surface area contributed by atoms with Crippen LogP contribution >= 0.6 is 0 Å². The second-order valence-corrected chi connectivity index (χ2v) is 5.36. The van der Waals surface area contributed by atoms with E-state index in [-0.39, 0.29) is 17.8 Å². The summed E-state index contributed by atoms with van der Waals surface area (Å²) in [6.07, 6.45) is 0. The van der Waals surface area contributed by atoms with Crippen molar-refractivity contribution in [2.24, 2.45) is 0 Å². The monoisotopic (exact) mass is 279 g/mol. The van der Waals surface area contributed by atoms with Crippen LogP contribution < -0.4 is 10.6 Å². The molecule has 1 fully saturated rings. The highest BCUT2D eigenvalue weighted by Crippen LogP contribution is 2.13. The Balaban J connectivity index is 1.85. The van der Waals surface area contributed by atoms with Crippen LogP contribution in [-0.4, -0.2) is 43.0 Å².